The van der Waals surface area contributed by atoms with Crippen molar-refractivity contribution in [3.8, 4) is 11.5 Å². The molecular weight excluding hydrogens is 254 g/mol. The maximum absolute atomic E-state index is 10.9. The van der Waals surface area contributed by atoms with Gasteiger partial charge in [-0.25, -0.2) is 9.78 Å². The molecule has 0 aliphatic heterocycles. The fraction of sp³-hybridized carbons (Fsp3) is 0.125. The number of hydrogen-bond donors (Lipinski definition) is 1. The van der Waals surface area contributed by atoms with E-state index in [1.165, 1.54) is 17.7 Å². The van der Waals surface area contributed by atoms with E-state index >= 15 is 0 Å². The minimum atomic E-state index is -0.974. The van der Waals surface area contributed by atoms with E-state index in [0.29, 0.717) is 17.0 Å². The molecule has 3 rings (SSSR count). The van der Waals surface area contributed by atoms with E-state index in [2.05, 4.69) is 18.0 Å². The summed E-state index contributed by atoms with van der Waals surface area (Å²) < 4.78 is 5.67. The van der Waals surface area contributed by atoms with Crippen LogP contribution >= 0.6 is 0 Å². The number of aromatic nitrogens is 1. The highest BCUT2D eigenvalue weighted by molar-refractivity contribution is 5.92. The predicted octanol–water partition coefficient (Wildman–Crippen LogP) is 3.76. The van der Waals surface area contributed by atoms with Crippen LogP contribution in [0.2, 0.25) is 0 Å². The lowest BCUT2D eigenvalue weighted by molar-refractivity contribution is 0.0697. The summed E-state index contributed by atoms with van der Waals surface area (Å²) in [6.07, 6.45) is 0.942. The lowest BCUT2D eigenvalue weighted by atomic mass is 10.1. The molecule has 0 fully saturated rings. The van der Waals surface area contributed by atoms with Gasteiger partial charge in [0.2, 0.25) is 5.89 Å². The zero-order chi connectivity index (χ0) is 14.1. The Labute approximate surface area is 115 Å². The highest BCUT2D eigenvalue weighted by Gasteiger charge is 2.11. The van der Waals surface area contributed by atoms with Gasteiger partial charge in [0.1, 0.15) is 5.52 Å². The molecule has 0 amide bonds. The number of rotatable bonds is 3. The van der Waals surface area contributed by atoms with Gasteiger partial charge >= 0.3 is 5.97 Å². The number of oxazole rings is 1. The molecule has 0 saturated carbocycles. The number of hydrogen-bond acceptors (Lipinski definition) is 3. The van der Waals surface area contributed by atoms with Crippen LogP contribution in [-0.2, 0) is 6.42 Å². The Morgan fingerprint density at radius 3 is 2.85 bits per heavy atom. The van der Waals surface area contributed by atoms with E-state index in [0.717, 1.165) is 12.0 Å². The van der Waals surface area contributed by atoms with E-state index in [-0.39, 0.29) is 5.56 Å². The fourth-order valence-electron chi connectivity index (χ4n) is 2.11. The molecule has 2 aromatic carbocycles. The van der Waals surface area contributed by atoms with Crippen molar-refractivity contribution in [2.75, 3.05) is 0 Å². The number of aryl methyl sites for hydroxylation is 1. The summed E-state index contributed by atoms with van der Waals surface area (Å²) in [6.45, 7) is 2.09. The van der Waals surface area contributed by atoms with Gasteiger partial charge in [-0.2, -0.15) is 0 Å². The van der Waals surface area contributed by atoms with Gasteiger partial charge in [0, 0.05) is 5.56 Å². The molecule has 1 aromatic heterocycles. The molecule has 100 valence electrons. The molecule has 3 aromatic rings. The third-order valence-corrected chi connectivity index (χ3v) is 3.22. The molecule has 0 saturated heterocycles. The van der Waals surface area contributed by atoms with E-state index in [9.17, 15) is 4.79 Å². The molecule has 0 atom stereocenters. The molecule has 0 radical (unpaired) electrons. The molecule has 1 heterocycles. The highest BCUT2D eigenvalue weighted by atomic mass is 16.4. The van der Waals surface area contributed by atoms with Gasteiger partial charge in [0.05, 0.1) is 5.56 Å². The van der Waals surface area contributed by atoms with E-state index < -0.39 is 5.97 Å². The molecule has 4 heteroatoms. The van der Waals surface area contributed by atoms with Gasteiger partial charge in [-0.1, -0.05) is 19.1 Å². The monoisotopic (exact) mass is 267 g/mol. The summed E-state index contributed by atoms with van der Waals surface area (Å²) >= 11 is 0. The Kier molecular flexibility index (Phi) is 2.99. The molecular formula is C16H13NO3. The van der Waals surface area contributed by atoms with Crippen molar-refractivity contribution in [2.45, 2.75) is 13.3 Å². The number of carboxylic acid groups (broad SMARTS) is 1. The van der Waals surface area contributed by atoms with Crippen LogP contribution in [0, 0.1) is 0 Å². The van der Waals surface area contributed by atoms with Crippen molar-refractivity contribution < 1.29 is 14.3 Å². The molecule has 1 N–H and O–H groups in total. The second kappa shape index (κ2) is 4.81. The SMILES string of the molecule is CCc1cccc(-c2nc3ccc(C(=O)O)cc3o2)c1. The van der Waals surface area contributed by atoms with Crippen LogP contribution in [0.5, 0.6) is 0 Å². The first-order valence-electron chi connectivity index (χ1n) is 6.40. The van der Waals surface area contributed by atoms with Gasteiger partial charge in [-0.05, 0) is 42.3 Å². The van der Waals surface area contributed by atoms with Gasteiger partial charge in [0.15, 0.2) is 5.58 Å². The number of fused-ring (bicyclic) bond motifs is 1. The summed E-state index contributed by atoms with van der Waals surface area (Å²) in [5, 5.41) is 8.97. The first-order valence-corrected chi connectivity index (χ1v) is 6.40. The summed E-state index contributed by atoms with van der Waals surface area (Å²) in [7, 11) is 0. The topological polar surface area (TPSA) is 63.3 Å². The highest BCUT2D eigenvalue weighted by Crippen LogP contribution is 2.25. The summed E-state index contributed by atoms with van der Waals surface area (Å²) in [5.74, 6) is -0.462. The smallest absolute Gasteiger partial charge is 0.335 e. The van der Waals surface area contributed by atoms with Gasteiger partial charge in [-0.15, -0.1) is 0 Å². The molecule has 0 aliphatic rings. The molecule has 4 nitrogen and oxygen atoms in total. The van der Waals surface area contributed by atoms with Gasteiger partial charge in [-0.3, -0.25) is 0 Å². The van der Waals surface area contributed by atoms with Crippen LogP contribution in [-0.4, -0.2) is 16.1 Å². The minimum Gasteiger partial charge on any atom is -0.478 e. The first-order chi connectivity index (χ1) is 9.67. The maximum Gasteiger partial charge on any atom is 0.335 e. The average Bonchev–Trinajstić information content (AvgIpc) is 2.90. The molecule has 0 unspecified atom stereocenters. The Morgan fingerprint density at radius 1 is 1.25 bits per heavy atom. The summed E-state index contributed by atoms with van der Waals surface area (Å²) in [4.78, 5) is 15.3. The van der Waals surface area contributed by atoms with Crippen molar-refractivity contribution >= 4 is 17.1 Å². The normalized spacial score (nSPS) is 10.8. The molecule has 20 heavy (non-hydrogen) atoms. The van der Waals surface area contributed by atoms with E-state index in [4.69, 9.17) is 9.52 Å². The molecule has 0 bridgehead atoms. The lowest BCUT2D eigenvalue weighted by Gasteiger charge is -1.98. The maximum atomic E-state index is 10.9. The van der Waals surface area contributed by atoms with Gasteiger partial charge in [0.25, 0.3) is 0 Å². The predicted molar refractivity (Wildman–Crippen MR) is 75.8 cm³/mol. The number of aromatic carboxylic acids is 1. The van der Waals surface area contributed by atoms with Crippen LogP contribution in [0.15, 0.2) is 46.9 Å². The Balaban J connectivity index is 2.10. The fourth-order valence-corrected chi connectivity index (χ4v) is 2.11. The van der Waals surface area contributed by atoms with Gasteiger partial charge < -0.3 is 9.52 Å². The molecule has 0 aliphatic carbocycles. The Bertz CT molecular complexity index is 789. The van der Waals surface area contributed by atoms with Crippen LogP contribution in [0.4, 0.5) is 0 Å². The average molecular weight is 267 g/mol. The third-order valence-electron chi connectivity index (χ3n) is 3.22. The molecule has 0 spiro atoms. The van der Waals surface area contributed by atoms with Crippen LogP contribution in [0.25, 0.3) is 22.6 Å². The first kappa shape index (κ1) is 12.4. The van der Waals surface area contributed by atoms with Crippen molar-refractivity contribution in [1.82, 2.24) is 4.98 Å². The van der Waals surface area contributed by atoms with Crippen molar-refractivity contribution in [2.24, 2.45) is 0 Å². The Morgan fingerprint density at radius 2 is 2.10 bits per heavy atom. The quantitative estimate of drug-likeness (QED) is 0.784. The second-order valence-corrected chi connectivity index (χ2v) is 4.56. The number of carbonyl (C=O) groups is 1. The Hall–Kier alpha value is -2.62. The lowest BCUT2D eigenvalue weighted by Crippen LogP contribution is -1.94. The second-order valence-electron chi connectivity index (χ2n) is 4.56. The van der Waals surface area contributed by atoms with Crippen molar-refractivity contribution in [3.63, 3.8) is 0 Å². The van der Waals surface area contributed by atoms with Crippen molar-refractivity contribution in [3.05, 3.63) is 53.6 Å². The van der Waals surface area contributed by atoms with Crippen molar-refractivity contribution in [1.29, 1.82) is 0 Å². The third kappa shape index (κ3) is 2.16. The zero-order valence-electron chi connectivity index (χ0n) is 11.0. The summed E-state index contributed by atoms with van der Waals surface area (Å²) in [6, 6.07) is 12.7. The largest absolute Gasteiger partial charge is 0.478 e. The van der Waals surface area contributed by atoms with Crippen LogP contribution in [0.1, 0.15) is 22.8 Å². The number of carboxylic acids is 1. The minimum absolute atomic E-state index is 0.197. The van der Waals surface area contributed by atoms with Crippen LogP contribution < -0.4 is 0 Å². The number of benzene rings is 2. The van der Waals surface area contributed by atoms with E-state index in [1.54, 1.807) is 6.07 Å². The van der Waals surface area contributed by atoms with Crippen LogP contribution in [0.3, 0.4) is 0 Å². The van der Waals surface area contributed by atoms with E-state index in [1.807, 2.05) is 18.2 Å². The summed E-state index contributed by atoms with van der Waals surface area (Å²) in [5.41, 5.74) is 3.45. The number of nitrogens with zero attached hydrogens (tertiary/aromatic N) is 1. The zero-order valence-corrected chi connectivity index (χ0v) is 11.0. The standard InChI is InChI=1S/C16H13NO3/c1-2-10-4-3-5-11(8-10)15-17-13-7-6-12(16(18)19)9-14(13)20-15/h3-9H,2H2,1H3,(H,18,19).